The first-order valence-electron chi connectivity index (χ1n) is 3.79. The van der Waals surface area contributed by atoms with E-state index in [9.17, 15) is 9.59 Å². The molecule has 0 saturated heterocycles. The molecule has 13 heavy (non-hydrogen) atoms. The van der Waals surface area contributed by atoms with Crippen molar-refractivity contribution in [3.05, 3.63) is 28.7 Å². The summed E-state index contributed by atoms with van der Waals surface area (Å²) in [5.41, 5.74) is 10.6. The van der Waals surface area contributed by atoms with Crippen molar-refractivity contribution in [1.29, 1.82) is 0 Å². The second-order valence-corrected chi connectivity index (χ2v) is 2.79. The third-order valence-corrected chi connectivity index (χ3v) is 1.79. The van der Waals surface area contributed by atoms with Gasteiger partial charge in [0.15, 0.2) is 0 Å². The van der Waals surface area contributed by atoms with Gasteiger partial charge in [0.1, 0.15) is 6.04 Å². The van der Waals surface area contributed by atoms with E-state index in [1.54, 1.807) is 6.92 Å². The van der Waals surface area contributed by atoms with Crippen LogP contribution in [-0.4, -0.2) is 10.5 Å². The molecule has 1 unspecified atom stereocenters. The quantitative estimate of drug-likeness (QED) is 0.642. The summed E-state index contributed by atoms with van der Waals surface area (Å²) in [6.07, 6.45) is 1.40. The van der Waals surface area contributed by atoms with Gasteiger partial charge in [0, 0.05) is 18.0 Å². The first-order valence-corrected chi connectivity index (χ1v) is 3.79. The highest BCUT2D eigenvalue weighted by atomic mass is 16.2. The number of anilines is 1. The van der Waals surface area contributed by atoms with Crippen molar-refractivity contribution in [1.82, 2.24) is 4.57 Å². The van der Waals surface area contributed by atoms with Crippen LogP contribution >= 0.6 is 0 Å². The summed E-state index contributed by atoms with van der Waals surface area (Å²) in [6, 6.07) is 2.11. The lowest BCUT2D eigenvalue weighted by molar-refractivity contribution is -0.120. The molecular weight excluding hydrogens is 170 g/mol. The molecule has 0 spiro atoms. The first kappa shape index (κ1) is 9.31. The SMILES string of the molecule is CC(C(N)=O)n1cc(N)ccc1=O. The van der Waals surface area contributed by atoms with Crippen molar-refractivity contribution in [3.8, 4) is 0 Å². The fourth-order valence-electron chi connectivity index (χ4n) is 0.961. The minimum atomic E-state index is -0.670. The van der Waals surface area contributed by atoms with Gasteiger partial charge in [-0.05, 0) is 13.0 Å². The molecule has 0 aliphatic heterocycles. The molecule has 5 nitrogen and oxygen atoms in total. The van der Waals surface area contributed by atoms with Gasteiger partial charge in [-0.1, -0.05) is 0 Å². The van der Waals surface area contributed by atoms with E-state index in [2.05, 4.69) is 0 Å². The normalized spacial score (nSPS) is 12.4. The van der Waals surface area contributed by atoms with E-state index in [0.29, 0.717) is 5.69 Å². The molecule has 0 aromatic carbocycles. The molecule has 5 heteroatoms. The highest BCUT2D eigenvalue weighted by Gasteiger charge is 2.11. The number of primary amides is 1. The average molecular weight is 181 g/mol. The lowest BCUT2D eigenvalue weighted by atomic mass is 10.3. The third-order valence-electron chi connectivity index (χ3n) is 1.79. The van der Waals surface area contributed by atoms with Crippen LogP contribution in [0.2, 0.25) is 0 Å². The Balaban J connectivity index is 3.21. The average Bonchev–Trinajstić information content (AvgIpc) is 2.08. The van der Waals surface area contributed by atoms with Gasteiger partial charge in [-0.2, -0.15) is 0 Å². The molecule has 1 atom stereocenters. The number of aromatic nitrogens is 1. The minimum absolute atomic E-state index is 0.291. The molecule has 0 radical (unpaired) electrons. The molecule has 1 heterocycles. The van der Waals surface area contributed by atoms with Crippen molar-refractivity contribution in [2.45, 2.75) is 13.0 Å². The number of nitrogen functional groups attached to an aromatic ring is 1. The smallest absolute Gasteiger partial charge is 0.251 e. The van der Waals surface area contributed by atoms with Crippen LogP contribution in [0.4, 0.5) is 5.69 Å². The van der Waals surface area contributed by atoms with Gasteiger partial charge < -0.3 is 16.0 Å². The number of nitrogens with zero attached hydrogens (tertiary/aromatic N) is 1. The number of carbonyl (C=O) groups excluding carboxylic acids is 1. The Morgan fingerprint density at radius 1 is 1.54 bits per heavy atom. The van der Waals surface area contributed by atoms with Crippen molar-refractivity contribution in [2.75, 3.05) is 5.73 Å². The number of rotatable bonds is 2. The van der Waals surface area contributed by atoms with E-state index in [1.165, 1.54) is 22.9 Å². The van der Waals surface area contributed by atoms with Crippen molar-refractivity contribution < 1.29 is 4.79 Å². The molecule has 1 amide bonds. The second kappa shape index (κ2) is 3.30. The van der Waals surface area contributed by atoms with Crippen LogP contribution in [0.3, 0.4) is 0 Å². The van der Waals surface area contributed by atoms with Crippen LogP contribution in [0, 0.1) is 0 Å². The minimum Gasteiger partial charge on any atom is -0.398 e. The second-order valence-electron chi connectivity index (χ2n) is 2.79. The molecule has 1 rings (SSSR count). The molecule has 1 aromatic rings. The number of hydrogen-bond acceptors (Lipinski definition) is 3. The van der Waals surface area contributed by atoms with E-state index in [0.717, 1.165) is 0 Å². The highest BCUT2D eigenvalue weighted by molar-refractivity contribution is 5.77. The Kier molecular flexibility index (Phi) is 2.36. The summed E-state index contributed by atoms with van der Waals surface area (Å²) in [4.78, 5) is 22.0. The van der Waals surface area contributed by atoms with Gasteiger partial charge in [-0.25, -0.2) is 0 Å². The topological polar surface area (TPSA) is 91.1 Å². The highest BCUT2D eigenvalue weighted by Crippen LogP contribution is 2.03. The predicted octanol–water partition coefficient (Wildman–Crippen LogP) is -0.523. The Morgan fingerprint density at radius 2 is 2.15 bits per heavy atom. The molecule has 0 aliphatic carbocycles. The lowest BCUT2D eigenvalue weighted by Gasteiger charge is -2.11. The Labute approximate surface area is 75.0 Å². The number of pyridine rings is 1. The van der Waals surface area contributed by atoms with E-state index < -0.39 is 11.9 Å². The number of carbonyl (C=O) groups is 1. The van der Waals surface area contributed by atoms with Crippen molar-refractivity contribution in [2.24, 2.45) is 5.73 Å². The predicted molar refractivity (Wildman–Crippen MR) is 49.0 cm³/mol. The molecule has 0 fully saturated rings. The summed E-state index contributed by atoms with van der Waals surface area (Å²) >= 11 is 0. The number of hydrogen-bond donors (Lipinski definition) is 2. The van der Waals surface area contributed by atoms with Crippen LogP contribution in [0.1, 0.15) is 13.0 Å². The van der Waals surface area contributed by atoms with Crippen LogP contribution in [0.5, 0.6) is 0 Å². The van der Waals surface area contributed by atoms with Gasteiger partial charge in [-0.3, -0.25) is 9.59 Å². The van der Waals surface area contributed by atoms with Gasteiger partial charge in [-0.15, -0.1) is 0 Å². The maximum Gasteiger partial charge on any atom is 0.251 e. The van der Waals surface area contributed by atoms with Crippen molar-refractivity contribution in [3.63, 3.8) is 0 Å². The first-order chi connectivity index (χ1) is 6.02. The van der Waals surface area contributed by atoms with Crippen LogP contribution in [-0.2, 0) is 4.79 Å². The summed E-state index contributed by atoms with van der Waals surface area (Å²) in [5.74, 6) is -0.562. The van der Waals surface area contributed by atoms with E-state index in [-0.39, 0.29) is 5.56 Å². The summed E-state index contributed by atoms with van der Waals surface area (Å²) in [7, 11) is 0. The summed E-state index contributed by atoms with van der Waals surface area (Å²) < 4.78 is 1.21. The number of amides is 1. The zero-order chi connectivity index (χ0) is 10.0. The van der Waals surface area contributed by atoms with Gasteiger partial charge in [0.05, 0.1) is 0 Å². The Morgan fingerprint density at radius 3 is 2.69 bits per heavy atom. The fourth-order valence-corrected chi connectivity index (χ4v) is 0.961. The molecule has 1 aromatic heterocycles. The maximum atomic E-state index is 11.2. The monoisotopic (exact) mass is 181 g/mol. The summed E-state index contributed by atoms with van der Waals surface area (Å²) in [6.45, 7) is 1.54. The maximum absolute atomic E-state index is 11.2. The Bertz CT molecular complexity index is 383. The van der Waals surface area contributed by atoms with E-state index in [4.69, 9.17) is 11.5 Å². The molecular formula is C8H11N3O2. The summed E-state index contributed by atoms with van der Waals surface area (Å²) in [5, 5.41) is 0. The van der Waals surface area contributed by atoms with Gasteiger partial charge in [0.25, 0.3) is 5.56 Å². The molecule has 0 bridgehead atoms. The van der Waals surface area contributed by atoms with Gasteiger partial charge in [0.2, 0.25) is 5.91 Å². The largest absolute Gasteiger partial charge is 0.398 e. The van der Waals surface area contributed by atoms with Gasteiger partial charge >= 0.3 is 0 Å². The fraction of sp³-hybridized carbons (Fsp3) is 0.250. The standard InChI is InChI=1S/C8H11N3O2/c1-5(8(10)13)11-4-6(9)2-3-7(11)12/h2-5H,9H2,1H3,(H2,10,13). The molecule has 70 valence electrons. The zero-order valence-corrected chi connectivity index (χ0v) is 7.23. The number of nitrogens with two attached hydrogens (primary N) is 2. The van der Waals surface area contributed by atoms with Crippen molar-refractivity contribution >= 4 is 11.6 Å². The third kappa shape index (κ3) is 1.87. The Hall–Kier alpha value is -1.78. The molecule has 0 saturated carbocycles. The van der Waals surface area contributed by atoms with E-state index >= 15 is 0 Å². The van der Waals surface area contributed by atoms with Crippen LogP contribution < -0.4 is 17.0 Å². The molecule has 0 aliphatic rings. The van der Waals surface area contributed by atoms with Crippen LogP contribution in [0.15, 0.2) is 23.1 Å². The van der Waals surface area contributed by atoms with E-state index in [1.807, 2.05) is 0 Å². The lowest BCUT2D eigenvalue weighted by Crippen LogP contribution is -2.31. The zero-order valence-electron chi connectivity index (χ0n) is 7.23. The molecule has 4 N–H and O–H groups in total. The van der Waals surface area contributed by atoms with Crippen LogP contribution in [0.25, 0.3) is 0 Å².